The first-order valence-corrected chi connectivity index (χ1v) is 4.58. The molecule has 0 unspecified atom stereocenters. The molecular weight excluding hydrogens is 304 g/mol. The normalized spacial score (nSPS) is 9.00. The molecule has 0 aliphatic rings. The van der Waals surface area contributed by atoms with Crippen molar-refractivity contribution in [1.29, 1.82) is 0 Å². The molecule has 0 saturated heterocycles. The Labute approximate surface area is 109 Å². The van der Waals surface area contributed by atoms with E-state index in [2.05, 4.69) is 0 Å². The molecule has 0 atom stereocenters. The van der Waals surface area contributed by atoms with Crippen LogP contribution in [0.15, 0.2) is 30.3 Å². The van der Waals surface area contributed by atoms with Crippen molar-refractivity contribution in [2.45, 2.75) is 19.4 Å². The molecule has 5 heteroatoms. The van der Waals surface area contributed by atoms with Gasteiger partial charge in [0, 0.05) is 5.97 Å². The summed E-state index contributed by atoms with van der Waals surface area (Å²) in [6.07, 6.45) is -0.442. The molecule has 1 aromatic carbocycles. The van der Waals surface area contributed by atoms with Gasteiger partial charge < -0.3 is 14.6 Å². The quantitative estimate of drug-likeness (QED) is 0.577. The first-order chi connectivity index (χ1) is 7.18. The van der Waals surface area contributed by atoms with Crippen LogP contribution >= 0.6 is 0 Å². The minimum atomic E-state index is -1.24. The molecule has 0 fully saturated rings. The molecule has 90 valence electrons. The van der Waals surface area contributed by atoms with Crippen molar-refractivity contribution in [3.63, 3.8) is 0 Å². The zero-order valence-electron chi connectivity index (χ0n) is 8.44. The van der Waals surface area contributed by atoms with Crippen LogP contribution in [0.25, 0.3) is 0 Å². The number of ether oxygens (including phenoxy) is 1. The van der Waals surface area contributed by atoms with E-state index in [9.17, 15) is 14.7 Å². The standard InChI is InChI=1S/C11H12O4.Ag/c12-10(13)6-7-11(14)15-8-9-4-2-1-3-5-9;/h1-5H,6-8H2,(H,12,13);/q;+1/p-1. The maximum atomic E-state index is 11.0. The Kier molecular flexibility index (Phi) is 7.54. The first kappa shape index (κ1) is 14.9. The molecule has 0 bridgehead atoms. The summed E-state index contributed by atoms with van der Waals surface area (Å²) in [4.78, 5) is 21.1. The predicted molar refractivity (Wildman–Crippen MR) is 50.5 cm³/mol. The number of rotatable bonds is 5. The summed E-state index contributed by atoms with van der Waals surface area (Å²) in [6.45, 7) is 0.173. The van der Waals surface area contributed by atoms with Crippen LogP contribution < -0.4 is 5.11 Å². The van der Waals surface area contributed by atoms with E-state index in [0.29, 0.717) is 0 Å². The maximum Gasteiger partial charge on any atom is 1.00 e. The van der Waals surface area contributed by atoms with Crippen LogP contribution in [0, 0.1) is 0 Å². The molecule has 16 heavy (non-hydrogen) atoms. The number of benzene rings is 1. The monoisotopic (exact) mass is 314 g/mol. The third-order valence-corrected chi connectivity index (χ3v) is 1.78. The van der Waals surface area contributed by atoms with Crippen LogP contribution in [-0.2, 0) is 43.3 Å². The van der Waals surface area contributed by atoms with Gasteiger partial charge in [-0.25, -0.2) is 0 Å². The molecule has 0 saturated carbocycles. The third-order valence-electron chi connectivity index (χ3n) is 1.78. The topological polar surface area (TPSA) is 66.4 Å². The fourth-order valence-electron chi connectivity index (χ4n) is 1.01. The maximum absolute atomic E-state index is 11.0. The average molecular weight is 315 g/mol. The molecule has 4 nitrogen and oxygen atoms in total. The summed E-state index contributed by atoms with van der Waals surface area (Å²) >= 11 is 0. The van der Waals surface area contributed by atoms with E-state index >= 15 is 0 Å². The van der Waals surface area contributed by atoms with E-state index in [-0.39, 0.29) is 41.8 Å². The minimum Gasteiger partial charge on any atom is -0.550 e. The Bertz CT molecular complexity index is 337. The molecule has 0 aromatic heterocycles. The smallest absolute Gasteiger partial charge is 0.550 e. The summed E-state index contributed by atoms with van der Waals surface area (Å²) in [7, 11) is 0. The molecule has 0 amide bonds. The molecule has 0 N–H and O–H groups in total. The van der Waals surface area contributed by atoms with Gasteiger partial charge in [0.05, 0.1) is 6.42 Å². The molecule has 0 spiro atoms. The Hall–Kier alpha value is -1.10. The van der Waals surface area contributed by atoms with Gasteiger partial charge in [0.2, 0.25) is 0 Å². The molecule has 1 rings (SSSR count). The summed E-state index contributed by atoms with van der Waals surface area (Å²) in [6, 6.07) is 9.19. The Morgan fingerprint density at radius 1 is 1.12 bits per heavy atom. The van der Waals surface area contributed by atoms with Crippen molar-refractivity contribution in [3.8, 4) is 0 Å². The zero-order valence-corrected chi connectivity index (χ0v) is 9.92. The van der Waals surface area contributed by atoms with Crippen LogP contribution in [0.1, 0.15) is 18.4 Å². The summed E-state index contributed by atoms with van der Waals surface area (Å²) in [5.74, 6) is -1.77. The van der Waals surface area contributed by atoms with Crippen molar-refractivity contribution < 1.29 is 41.8 Å². The number of hydrogen-bond acceptors (Lipinski definition) is 4. The van der Waals surface area contributed by atoms with Gasteiger partial charge in [0.25, 0.3) is 0 Å². The van der Waals surface area contributed by atoms with Crippen molar-refractivity contribution >= 4 is 11.9 Å². The van der Waals surface area contributed by atoms with Gasteiger partial charge in [0.1, 0.15) is 6.61 Å². The number of carboxylic acid groups (broad SMARTS) is 1. The van der Waals surface area contributed by atoms with Crippen LogP contribution in [0.4, 0.5) is 0 Å². The second-order valence-electron chi connectivity index (χ2n) is 3.02. The van der Waals surface area contributed by atoms with Gasteiger partial charge in [-0.1, -0.05) is 30.3 Å². The molecule has 0 radical (unpaired) electrons. The van der Waals surface area contributed by atoms with E-state index in [1.54, 1.807) is 0 Å². The predicted octanol–water partition coefficient (Wildman–Crippen LogP) is 0.257. The number of carboxylic acids is 1. The third kappa shape index (κ3) is 6.40. The van der Waals surface area contributed by atoms with E-state index in [1.807, 2.05) is 30.3 Å². The number of esters is 1. The van der Waals surface area contributed by atoms with Crippen molar-refractivity contribution in [2.24, 2.45) is 0 Å². The Morgan fingerprint density at radius 2 is 1.75 bits per heavy atom. The van der Waals surface area contributed by atoms with Gasteiger partial charge >= 0.3 is 28.3 Å². The van der Waals surface area contributed by atoms with Crippen LogP contribution in [0.5, 0.6) is 0 Å². The van der Waals surface area contributed by atoms with Gasteiger partial charge in [-0.3, -0.25) is 4.79 Å². The first-order valence-electron chi connectivity index (χ1n) is 4.58. The van der Waals surface area contributed by atoms with Crippen LogP contribution in [0.3, 0.4) is 0 Å². The molecule has 0 aliphatic heterocycles. The fraction of sp³-hybridized carbons (Fsp3) is 0.273. The van der Waals surface area contributed by atoms with Gasteiger partial charge in [-0.2, -0.15) is 0 Å². The van der Waals surface area contributed by atoms with Crippen molar-refractivity contribution in [1.82, 2.24) is 0 Å². The largest absolute Gasteiger partial charge is 1.00 e. The Balaban J connectivity index is 0.00000225. The summed E-state index contributed by atoms with van der Waals surface area (Å²) < 4.78 is 4.85. The second-order valence-corrected chi connectivity index (χ2v) is 3.02. The SMILES string of the molecule is O=C([O-])CCC(=O)OCc1ccccc1.[Ag+]. The van der Waals surface area contributed by atoms with E-state index in [4.69, 9.17) is 4.74 Å². The van der Waals surface area contributed by atoms with E-state index < -0.39 is 11.9 Å². The Morgan fingerprint density at radius 3 is 2.31 bits per heavy atom. The number of aliphatic carboxylic acids is 1. The van der Waals surface area contributed by atoms with Crippen LogP contribution in [0.2, 0.25) is 0 Å². The van der Waals surface area contributed by atoms with Crippen molar-refractivity contribution in [3.05, 3.63) is 35.9 Å². The van der Waals surface area contributed by atoms with Gasteiger partial charge in [0.15, 0.2) is 0 Å². The summed E-state index contributed by atoms with van der Waals surface area (Å²) in [5, 5.41) is 10.1. The summed E-state index contributed by atoms with van der Waals surface area (Å²) in [5.41, 5.74) is 0.874. The number of hydrogen-bond donors (Lipinski definition) is 0. The number of carbonyl (C=O) groups excluding carboxylic acids is 2. The zero-order chi connectivity index (χ0) is 11.1. The molecular formula is C11H11AgO4. The molecule has 1 aromatic rings. The molecule has 0 aliphatic carbocycles. The van der Waals surface area contributed by atoms with Crippen LogP contribution in [-0.4, -0.2) is 11.9 Å². The van der Waals surface area contributed by atoms with E-state index in [1.165, 1.54) is 0 Å². The fourth-order valence-corrected chi connectivity index (χ4v) is 1.01. The van der Waals surface area contributed by atoms with E-state index in [0.717, 1.165) is 5.56 Å². The van der Waals surface area contributed by atoms with Crippen molar-refractivity contribution in [2.75, 3.05) is 0 Å². The average Bonchev–Trinajstić information content (AvgIpc) is 2.25. The molecule has 0 heterocycles. The van der Waals surface area contributed by atoms with Gasteiger partial charge in [-0.15, -0.1) is 0 Å². The van der Waals surface area contributed by atoms with Gasteiger partial charge in [-0.05, 0) is 12.0 Å². The number of carbonyl (C=O) groups is 2. The minimum absolute atomic E-state index is 0. The second kappa shape index (κ2) is 8.10.